The van der Waals surface area contributed by atoms with Gasteiger partial charge in [-0.2, -0.15) is 0 Å². The molecule has 1 atom stereocenters. The maximum absolute atomic E-state index is 11.9. The fraction of sp³-hybridized carbons (Fsp3) is 0.385. The normalized spacial score (nSPS) is 11.2. The lowest BCUT2D eigenvalue weighted by molar-refractivity contribution is -0.133. The predicted octanol–water partition coefficient (Wildman–Crippen LogP) is 1.36. The Morgan fingerprint density at radius 3 is 2.65 bits per heavy atom. The lowest BCUT2D eigenvalue weighted by Gasteiger charge is -2.25. The molecule has 0 saturated heterocycles. The molecule has 0 bridgehead atoms. The van der Waals surface area contributed by atoms with Crippen molar-refractivity contribution in [2.45, 2.75) is 13.0 Å². The highest BCUT2D eigenvalue weighted by Crippen LogP contribution is 2.21. The van der Waals surface area contributed by atoms with Gasteiger partial charge >= 0.3 is 0 Å². The number of hydrogen-bond donors (Lipinski definition) is 2. The third kappa shape index (κ3) is 5.36. The molecule has 0 spiro atoms. The Hall–Kier alpha value is -1.30. The standard InChI is InChI=1S/C13H18ClN3O2.ClH/c1-9(10-4-3-5-11(14)6-10)17(2)13(19)8-16-12(18)7-15;/h3-6,9H,7-8,15H2,1-2H3,(H,16,18);1H. The van der Waals surface area contributed by atoms with E-state index in [4.69, 9.17) is 17.3 Å². The first-order valence-electron chi connectivity index (χ1n) is 5.93. The molecule has 5 nitrogen and oxygen atoms in total. The highest BCUT2D eigenvalue weighted by atomic mass is 35.5. The Bertz CT molecular complexity index is 469. The summed E-state index contributed by atoms with van der Waals surface area (Å²) in [5.41, 5.74) is 6.09. The number of halogens is 2. The Balaban J connectivity index is 0.00000361. The summed E-state index contributed by atoms with van der Waals surface area (Å²) in [6.07, 6.45) is 0. The molecular formula is C13H19Cl2N3O2. The van der Waals surface area contributed by atoms with Crippen LogP contribution in [-0.4, -0.2) is 36.9 Å². The summed E-state index contributed by atoms with van der Waals surface area (Å²) in [5, 5.41) is 3.08. The van der Waals surface area contributed by atoms with E-state index in [0.717, 1.165) is 5.56 Å². The number of nitrogens with one attached hydrogen (secondary N) is 1. The molecule has 1 aromatic carbocycles. The van der Waals surface area contributed by atoms with Crippen LogP contribution >= 0.6 is 24.0 Å². The monoisotopic (exact) mass is 319 g/mol. The summed E-state index contributed by atoms with van der Waals surface area (Å²) in [4.78, 5) is 24.5. The molecule has 7 heteroatoms. The van der Waals surface area contributed by atoms with E-state index < -0.39 is 0 Å². The first kappa shape index (κ1) is 18.7. The van der Waals surface area contributed by atoms with Crippen LogP contribution in [0.3, 0.4) is 0 Å². The van der Waals surface area contributed by atoms with Gasteiger partial charge in [0.05, 0.1) is 19.1 Å². The van der Waals surface area contributed by atoms with E-state index in [9.17, 15) is 9.59 Å². The van der Waals surface area contributed by atoms with Gasteiger partial charge in [0.15, 0.2) is 0 Å². The van der Waals surface area contributed by atoms with Crippen LogP contribution < -0.4 is 11.1 Å². The van der Waals surface area contributed by atoms with Crippen molar-refractivity contribution < 1.29 is 9.59 Å². The summed E-state index contributed by atoms with van der Waals surface area (Å²) in [6.45, 7) is 1.71. The first-order valence-corrected chi connectivity index (χ1v) is 6.31. The minimum absolute atomic E-state index is 0. The largest absolute Gasteiger partial charge is 0.346 e. The second-order valence-corrected chi connectivity index (χ2v) is 4.65. The van der Waals surface area contributed by atoms with Gasteiger partial charge in [0.25, 0.3) is 0 Å². The zero-order valence-electron chi connectivity index (χ0n) is 11.4. The van der Waals surface area contributed by atoms with Gasteiger partial charge in [-0.3, -0.25) is 9.59 Å². The van der Waals surface area contributed by atoms with Crippen LogP contribution in [0, 0.1) is 0 Å². The van der Waals surface area contributed by atoms with E-state index in [1.54, 1.807) is 18.0 Å². The molecule has 0 aromatic heterocycles. The van der Waals surface area contributed by atoms with Crippen LogP contribution in [0.5, 0.6) is 0 Å². The number of hydrogen-bond acceptors (Lipinski definition) is 3. The van der Waals surface area contributed by atoms with Crippen molar-refractivity contribution in [3.05, 3.63) is 34.9 Å². The molecule has 0 radical (unpaired) electrons. The van der Waals surface area contributed by atoms with Gasteiger partial charge in [0.1, 0.15) is 0 Å². The number of benzene rings is 1. The van der Waals surface area contributed by atoms with Gasteiger partial charge < -0.3 is 16.0 Å². The molecule has 0 aliphatic carbocycles. The Labute approximate surface area is 129 Å². The zero-order valence-corrected chi connectivity index (χ0v) is 13.0. The van der Waals surface area contributed by atoms with Crippen LogP contribution in [0.4, 0.5) is 0 Å². The van der Waals surface area contributed by atoms with E-state index in [1.165, 1.54) is 0 Å². The fourth-order valence-corrected chi connectivity index (χ4v) is 1.78. The molecule has 3 N–H and O–H groups in total. The molecule has 0 fully saturated rings. The third-order valence-electron chi connectivity index (χ3n) is 2.93. The molecule has 0 aliphatic heterocycles. The quantitative estimate of drug-likeness (QED) is 0.860. The van der Waals surface area contributed by atoms with Crippen LogP contribution in [-0.2, 0) is 9.59 Å². The van der Waals surface area contributed by atoms with E-state index >= 15 is 0 Å². The van der Waals surface area contributed by atoms with Crippen molar-refractivity contribution in [2.24, 2.45) is 5.73 Å². The molecule has 2 amide bonds. The van der Waals surface area contributed by atoms with Crippen molar-refractivity contribution in [1.29, 1.82) is 0 Å². The topological polar surface area (TPSA) is 75.4 Å². The average molecular weight is 320 g/mol. The predicted molar refractivity (Wildman–Crippen MR) is 81.9 cm³/mol. The Morgan fingerprint density at radius 1 is 1.45 bits per heavy atom. The van der Waals surface area contributed by atoms with E-state index in [1.807, 2.05) is 25.1 Å². The number of nitrogens with zero attached hydrogens (tertiary/aromatic N) is 1. The first-order chi connectivity index (χ1) is 8.95. The van der Waals surface area contributed by atoms with Gasteiger partial charge in [-0.15, -0.1) is 12.4 Å². The summed E-state index contributed by atoms with van der Waals surface area (Å²) in [7, 11) is 1.68. The smallest absolute Gasteiger partial charge is 0.242 e. The molecule has 0 aliphatic rings. The van der Waals surface area contributed by atoms with Gasteiger partial charge in [0, 0.05) is 12.1 Å². The van der Waals surface area contributed by atoms with Crippen molar-refractivity contribution >= 4 is 35.8 Å². The minimum atomic E-state index is -0.350. The fourth-order valence-electron chi connectivity index (χ4n) is 1.58. The number of rotatable bonds is 5. The minimum Gasteiger partial charge on any atom is -0.346 e. The van der Waals surface area contributed by atoms with Gasteiger partial charge in [0.2, 0.25) is 11.8 Å². The van der Waals surface area contributed by atoms with E-state index in [-0.39, 0.29) is 43.4 Å². The maximum atomic E-state index is 11.9. The molecule has 1 aromatic rings. The number of carbonyl (C=O) groups is 2. The molecule has 112 valence electrons. The molecule has 0 saturated carbocycles. The molecule has 0 heterocycles. The van der Waals surface area contributed by atoms with Crippen LogP contribution in [0.15, 0.2) is 24.3 Å². The number of amides is 2. The van der Waals surface area contributed by atoms with E-state index in [0.29, 0.717) is 5.02 Å². The molecule has 20 heavy (non-hydrogen) atoms. The highest BCUT2D eigenvalue weighted by Gasteiger charge is 2.17. The second-order valence-electron chi connectivity index (χ2n) is 4.22. The SMILES string of the molecule is CC(c1cccc(Cl)c1)N(C)C(=O)CNC(=O)CN.Cl. The summed E-state index contributed by atoms with van der Waals surface area (Å²) in [5.74, 6) is -0.536. The number of likely N-dealkylation sites (N-methyl/N-ethyl adjacent to an activating group) is 1. The van der Waals surface area contributed by atoms with Gasteiger partial charge in [-0.1, -0.05) is 23.7 Å². The van der Waals surface area contributed by atoms with E-state index in [2.05, 4.69) is 5.32 Å². The van der Waals surface area contributed by atoms with Crippen LogP contribution in [0.1, 0.15) is 18.5 Å². The zero-order chi connectivity index (χ0) is 14.4. The van der Waals surface area contributed by atoms with Crippen molar-refractivity contribution in [1.82, 2.24) is 10.2 Å². The Kier molecular flexibility index (Phi) is 8.22. The second kappa shape index (κ2) is 8.79. The summed E-state index contributed by atoms with van der Waals surface area (Å²) in [6, 6.07) is 7.21. The van der Waals surface area contributed by atoms with Crippen molar-refractivity contribution in [3.63, 3.8) is 0 Å². The lowest BCUT2D eigenvalue weighted by atomic mass is 10.1. The van der Waals surface area contributed by atoms with Crippen molar-refractivity contribution in [3.8, 4) is 0 Å². The van der Waals surface area contributed by atoms with Crippen LogP contribution in [0.2, 0.25) is 5.02 Å². The highest BCUT2D eigenvalue weighted by molar-refractivity contribution is 6.30. The Morgan fingerprint density at radius 2 is 2.10 bits per heavy atom. The average Bonchev–Trinajstić information content (AvgIpc) is 2.42. The maximum Gasteiger partial charge on any atom is 0.242 e. The molecular weight excluding hydrogens is 301 g/mol. The van der Waals surface area contributed by atoms with Crippen LogP contribution in [0.25, 0.3) is 0 Å². The summed E-state index contributed by atoms with van der Waals surface area (Å²) >= 11 is 5.92. The van der Waals surface area contributed by atoms with Crippen molar-refractivity contribution in [2.75, 3.05) is 20.1 Å². The number of nitrogens with two attached hydrogens (primary N) is 1. The summed E-state index contributed by atoms with van der Waals surface area (Å²) < 4.78 is 0. The molecule has 1 rings (SSSR count). The molecule has 1 unspecified atom stereocenters. The number of carbonyl (C=O) groups excluding carboxylic acids is 2. The third-order valence-corrected chi connectivity index (χ3v) is 3.16. The van der Waals surface area contributed by atoms with Gasteiger partial charge in [-0.05, 0) is 24.6 Å². The van der Waals surface area contributed by atoms with Gasteiger partial charge in [-0.25, -0.2) is 0 Å². The lowest BCUT2D eigenvalue weighted by Crippen LogP contribution is -2.41.